The smallest absolute Gasteiger partial charge is 0.475 e. The molecule has 0 atom stereocenters. The topological polar surface area (TPSA) is 76.4 Å². The van der Waals surface area contributed by atoms with Crippen molar-refractivity contribution in [2.24, 2.45) is 0 Å². The molecule has 118 valence electrons. The summed E-state index contributed by atoms with van der Waals surface area (Å²) in [6.07, 6.45) is -3.78. The molecule has 0 amide bonds. The molecule has 0 unspecified atom stereocenters. The third-order valence-electron chi connectivity index (χ3n) is 3.69. The van der Waals surface area contributed by atoms with Gasteiger partial charge < -0.3 is 15.3 Å². The van der Waals surface area contributed by atoms with Crippen LogP contribution in [0.5, 0.6) is 0 Å². The summed E-state index contributed by atoms with van der Waals surface area (Å²) in [5, 5.41) is 19.3. The summed E-state index contributed by atoms with van der Waals surface area (Å²) in [7, 11) is 0. The zero-order chi connectivity index (χ0) is 16.4. The van der Waals surface area contributed by atoms with Crippen LogP contribution in [-0.2, 0) is 4.79 Å². The van der Waals surface area contributed by atoms with E-state index in [-0.39, 0.29) is 0 Å². The minimum atomic E-state index is -5.08. The molecular weight excluding hydrogens is 299 g/mol. The second-order valence-electron chi connectivity index (χ2n) is 5.27. The molecule has 8 heteroatoms. The summed E-state index contributed by atoms with van der Waals surface area (Å²) < 4.78 is 31.7. The van der Waals surface area contributed by atoms with E-state index in [2.05, 4.69) is 16.3 Å². The molecule has 2 heterocycles. The minimum absolute atomic E-state index is 0.425. The van der Waals surface area contributed by atoms with Crippen LogP contribution in [0.4, 0.5) is 18.9 Å². The first-order chi connectivity index (χ1) is 10.3. The lowest BCUT2D eigenvalue weighted by atomic mass is 9.80. The zero-order valence-electron chi connectivity index (χ0n) is 11.5. The van der Waals surface area contributed by atoms with E-state index in [1.807, 2.05) is 24.3 Å². The highest BCUT2D eigenvalue weighted by molar-refractivity contribution is 5.73. The number of nitriles is 1. The van der Waals surface area contributed by atoms with E-state index in [4.69, 9.17) is 15.2 Å². The Morgan fingerprint density at radius 3 is 2.14 bits per heavy atom. The lowest BCUT2D eigenvalue weighted by Gasteiger charge is -2.57. The molecule has 2 fully saturated rings. The Hall–Kier alpha value is -2.27. The van der Waals surface area contributed by atoms with E-state index in [0.717, 1.165) is 18.7 Å². The monoisotopic (exact) mass is 313 g/mol. The number of benzene rings is 1. The molecule has 2 aliphatic rings. The number of aliphatic carboxylic acids is 1. The minimum Gasteiger partial charge on any atom is -0.475 e. The molecule has 0 bridgehead atoms. The van der Waals surface area contributed by atoms with Gasteiger partial charge in [-0.1, -0.05) is 0 Å². The van der Waals surface area contributed by atoms with Crippen LogP contribution in [0.15, 0.2) is 24.3 Å². The number of carbonyl (C=O) groups is 1. The van der Waals surface area contributed by atoms with E-state index in [1.54, 1.807) is 0 Å². The molecule has 0 aliphatic carbocycles. The molecule has 0 aromatic heterocycles. The van der Waals surface area contributed by atoms with E-state index in [9.17, 15) is 13.2 Å². The van der Waals surface area contributed by atoms with Gasteiger partial charge in [0.1, 0.15) is 0 Å². The van der Waals surface area contributed by atoms with Gasteiger partial charge in [-0.3, -0.25) is 0 Å². The van der Waals surface area contributed by atoms with Crippen LogP contribution in [0.1, 0.15) is 12.0 Å². The fraction of sp³-hybridized carbons (Fsp3) is 0.429. The maximum absolute atomic E-state index is 10.6. The summed E-state index contributed by atoms with van der Waals surface area (Å²) in [5.41, 5.74) is 2.39. The number of alkyl halides is 3. The van der Waals surface area contributed by atoms with Crippen LogP contribution in [0.25, 0.3) is 0 Å². The van der Waals surface area contributed by atoms with E-state index < -0.39 is 12.1 Å². The zero-order valence-corrected chi connectivity index (χ0v) is 11.5. The van der Waals surface area contributed by atoms with E-state index in [0.29, 0.717) is 5.54 Å². The molecule has 0 saturated carbocycles. The summed E-state index contributed by atoms with van der Waals surface area (Å²) in [6, 6.07) is 9.97. The van der Waals surface area contributed by atoms with Crippen LogP contribution in [0.2, 0.25) is 0 Å². The van der Waals surface area contributed by atoms with Crippen molar-refractivity contribution < 1.29 is 23.1 Å². The van der Waals surface area contributed by atoms with Crippen molar-refractivity contribution in [3.63, 3.8) is 0 Å². The average molecular weight is 313 g/mol. The molecule has 2 aliphatic heterocycles. The molecule has 5 nitrogen and oxygen atoms in total. The number of carboxylic acid groups (broad SMARTS) is 1. The lowest BCUT2D eigenvalue weighted by Crippen LogP contribution is -2.75. The normalized spacial score (nSPS) is 18.4. The Morgan fingerprint density at radius 1 is 1.32 bits per heavy atom. The van der Waals surface area contributed by atoms with Gasteiger partial charge in [-0.25, -0.2) is 4.79 Å². The van der Waals surface area contributed by atoms with Gasteiger partial charge in [0.25, 0.3) is 0 Å². The van der Waals surface area contributed by atoms with Gasteiger partial charge in [-0.15, -0.1) is 0 Å². The highest BCUT2D eigenvalue weighted by Gasteiger charge is 2.47. The number of hydrogen-bond acceptors (Lipinski definition) is 4. The number of nitrogens with one attached hydrogen (secondary N) is 1. The lowest BCUT2D eigenvalue weighted by molar-refractivity contribution is -0.192. The van der Waals surface area contributed by atoms with Crippen LogP contribution in [-0.4, -0.2) is 42.4 Å². The van der Waals surface area contributed by atoms with Gasteiger partial charge >= 0.3 is 12.1 Å². The van der Waals surface area contributed by atoms with Crippen LogP contribution < -0.4 is 10.2 Å². The Labute approximate surface area is 124 Å². The number of anilines is 1. The van der Waals surface area contributed by atoms with Crippen LogP contribution in [0.3, 0.4) is 0 Å². The number of rotatable bonds is 1. The standard InChI is InChI=1S/C12H13N3.C2HF3O2/c13-7-10-1-3-11(4-2-10)15-8-12(9-15)5-6-14-12;3-2(4,5)1(6)7/h1-4,14H,5-6,8-9H2;(H,6,7). The van der Waals surface area contributed by atoms with Crippen molar-refractivity contribution >= 4 is 11.7 Å². The summed E-state index contributed by atoms with van der Waals surface area (Å²) in [6.45, 7) is 3.39. The summed E-state index contributed by atoms with van der Waals surface area (Å²) >= 11 is 0. The summed E-state index contributed by atoms with van der Waals surface area (Å²) in [5.74, 6) is -2.76. The first-order valence-electron chi connectivity index (χ1n) is 6.56. The van der Waals surface area contributed by atoms with Gasteiger partial charge in [0.15, 0.2) is 0 Å². The molecule has 2 saturated heterocycles. The molecule has 3 rings (SSSR count). The molecule has 1 aromatic rings. The number of carboxylic acids is 1. The SMILES string of the molecule is N#Cc1ccc(N2CC3(CCN3)C2)cc1.O=C(O)C(F)(F)F. The van der Waals surface area contributed by atoms with Gasteiger partial charge in [0.2, 0.25) is 0 Å². The largest absolute Gasteiger partial charge is 0.490 e. The molecular formula is C14H14F3N3O2. The third-order valence-corrected chi connectivity index (χ3v) is 3.69. The van der Waals surface area contributed by atoms with E-state index >= 15 is 0 Å². The second-order valence-corrected chi connectivity index (χ2v) is 5.27. The fourth-order valence-electron chi connectivity index (χ4n) is 2.36. The Bertz CT molecular complexity index is 581. The van der Waals surface area contributed by atoms with Gasteiger partial charge in [-0.05, 0) is 37.2 Å². The van der Waals surface area contributed by atoms with Crippen molar-refractivity contribution in [3.05, 3.63) is 29.8 Å². The highest BCUT2D eigenvalue weighted by Crippen LogP contribution is 2.33. The molecule has 2 N–H and O–H groups in total. The van der Waals surface area contributed by atoms with Gasteiger partial charge in [0, 0.05) is 18.8 Å². The Balaban J connectivity index is 0.000000217. The molecule has 0 radical (unpaired) electrons. The van der Waals surface area contributed by atoms with Crippen molar-refractivity contribution in [2.45, 2.75) is 18.1 Å². The fourth-order valence-corrected chi connectivity index (χ4v) is 2.36. The van der Waals surface area contributed by atoms with Crippen LogP contribution in [0, 0.1) is 11.3 Å². The first-order valence-corrected chi connectivity index (χ1v) is 6.56. The molecule has 1 aromatic carbocycles. The van der Waals surface area contributed by atoms with Crippen LogP contribution >= 0.6 is 0 Å². The predicted molar refractivity (Wildman–Crippen MR) is 72.4 cm³/mol. The van der Waals surface area contributed by atoms with Crippen molar-refractivity contribution in [3.8, 4) is 6.07 Å². The Morgan fingerprint density at radius 2 is 1.82 bits per heavy atom. The Kier molecular flexibility index (Phi) is 4.28. The maximum atomic E-state index is 10.6. The van der Waals surface area contributed by atoms with Gasteiger partial charge in [-0.2, -0.15) is 18.4 Å². The number of halogens is 3. The molecule has 1 spiro atoms. The maximum Gasteiger partial charge on any atom is 0.490 e. The number of hydrogen-bond donors (Lipinski definition) is 2. The second kappa shape index (κ2) is 5.85. The van der Waals surface area contributed by atoms with Crippen molar-refractivity contribution in [2.75, 3.05) is 24.5 Å². The highest BCUT2D eigenvalue weighted by atomic mass is 19.4. The summed E-state index contributed by atoms with van der Waals surface area (Å²) in [4.78, 5) is 11.3. The first kappa shape index (κ1) is 16.1. The van der Waals surface area contributed by atoms with Crippen molar-refractivity contribution in [1.82, 2.24) is 5.32 Å². The average Bonchev–Trinajstić information content (AvgIpc) is 2.36. The third kappa shape index (κ3) is 3.49. The van der Waals surface area contributed by atoms with Crippen molar-refractivity contribution in [1.29, 1.82) is 5.26 Å². The quantitative estimate of drug-likeness (QED) is 0.826. The molecule has 22 heavy (non-hydrogen) atoms. The number of nitrogens with zero attached hydrogens (tertiary/aromatic N) is 2. The predicted octanol–water partition coefficient (Wildman–Crippen LogP) is 1.74. The van der Waals surface area contributed by atoms with E-state index in [1.165, 1.54) is 18.7 Å². The van der Waals surface area contributed by atoms with Gasteiger partial charge in [0.05, 0.1) is 17.2 Å².